The second kappa shape index (κ2) is 9.58. The Morgan fingerprint density at radius 3 is 2.38 bits per heavy atom. The lowest BCUT2D eigenvalue weighted by molar-refractivity contribution is -0.135. The number of aliphatic hydroxyl groups excluding tert-OH is 1. The van der Waals surface area contributed by atoms with Gasteiger partial charge in [-0.3, -0.25) is 14.6 Å². The predicted molar refractivity (Wildman–Crippen MR) is 110 cm³/mol. The molecule has 1 aromatic rings. The van der Waals surface area contributed by atoms with Crippen molar-refractivity contribution in [3.63, 3.8) is 0 Å². The molecule has 0 unspecified atom stereocenters. The molecule has 158 valence electrons. The van der Waals surface area contributed by atoms with Gasteiger partial charge in [0.2, 0.25) is 0 Å². The normalized spacial score (nSPS) is 19.2. The number of ether oxygens (including phenoxy) is 2. The van der Waals surface area contributed by atoms with Gasteiger partial charge in [0.05, 0.1) is 24.5 Å². The zero-order chi connectivity index (χ0) is 21.6. The van der Waals surface area contributed by atoms with E-state index in [0.29, 0.717) is 36.8 Å². The lowest BCUT2D eigenvalue weighted by atomic mass is 9.73. The Balaban J connectivity index is 2.39. The van der Waals surface area contributed by atoms with Crippen LogP contribution in [0.15, 0.2) is 34.5 Å². The Kier molecular flexibility index (Phi) is 7.42. The molecule has 0 heterocycles. The second-order valence-electron chi connectivity index (χ2n) is 7.74. The minimum absolute atomic E-state index is 0.110. The number of allylic oxidation sites excluding steroid dienone is 2. The van der Waals surface area contributed by atoms with Crippen molar-refractivity contribution in [3.8, 4) is 11.5 Å². The van der Waals surface area contributed by atoms with Crippen molar-refractivity contribution in [1.29, 1.82) is 0 Å². The van der Waals surface area contributed by atoms with Crippen LogP contribution in [0.3, 0.4) is 0 Å². The van der Waals surface area contributed by atoms with Gasteiger partial charge in [-0.25, -0.2) is 0 Å². The third-order valence-electron chi connectivity index (χ3n) is 4.53. The summed E-state index contributed by atoms with van der Waals surface area (Å²) >= 11 is 0. The van der Waals surface area contributed by atoms with Gasteiger partial charge in [0, 0.05) is 12.8 Å². The van der Waals surface area contributed by atoms with E-state index in [1.807, 2.05) is 27.7 Å². The minimum Gasteiger partial charge on any atom is -0.511 e. The van der Waals surface area contributed by atoms with E-state index in [-0.39, 0.29) is 35.4 Å². The van der Waals surface area contributed by atoms with Gasteiger partial charge < -0.3 is 19.7 Å². The van der Waals surface area contributed by atoms with Gasteiger partial charge in [0.1, 0.15) is 12.3 Å². The molecule has 0 atom stereocenters. The van der Waals surface area contributed by atoms with Crippen molar-refractivity contribution in [1.82, 2.24) is 0 Å². The van der Waals surface area contributed by atoms with E-state index in [9.17, 15) is 14.7 Å². The molecule has 7 heteroatoms. The molecule has 29 heavy (non-hydrogen) atoms. The fraction of sp³-hybridized carbons (Fsp3) is 0.500. The molecule has 1 aromatic carbocycles. The third kappa shape index (κ3) is 6.07. The number of Topliss-reactive ketones (excluding diaryl/α,β-unsaturated/α-hetero) is 1. The highest BCUT2D eigenvalue weighted by atomic mass is 16.5. The smallest absolute Gasteiger partial charge is 0.325 e. The SMILES string of the molecule is CCOc1ccc(C/C(O)=C2\C(=O)CC(C)(C)CC2=NCC(=O)O)cc1OCC. The summed E-state index contributed by atoms with van der Waals surface area (Å²) in [6, 6.07) is 5.35. The van der Waals surface area contributed by atoms with Crippen LogP contribution < -0.4 is 9.47 Å². The maximum Gasteiger partial charge on any atom is 0.325 e. The van der Waals surface area contributed by atoms with E-state index < -0.39 is 12.5 Å². The highest BCUT2D eigenvalue weighted by Gasteiger charge is 2.36. The molecule has 1 aliphatic carbocycles. The zero-order valence-corrected chi connectivity index (χ0v) is 17.4. The third-order valence-corrected chi connectivity index (χ3v) is 4.53. The number of aliphatic carboxylic acids is 1. The maximum atomic E-state index is 12.7. The number of aliphatic imine (C=N–C) groups is 1. The quantitative estimate of drug-likeness (QED) is 0.506. The van der Waals surface area contributed by atoms with E-state index in [1.54, 1.807) is 18.2 Å². The number of carboxylic acid groups (broad SMARTS) is 1. The Morgan fingerprint density at radius 1 is 1.10 bits per heavy atom. The van der Waals surface area contributed by atoms with Crippen molar-refractivity contribution in [2.45, 2.75) is 47.0 Å². The summed E-state index contributed by atoms with van der Waals surface area (Å²) in [7, 11) is 0. The zero-order valence-electron chi connectivity index (χ0n) is 17.4. The molecule has 0 saturated heterocycles. The van der Waals surface area contributed by atoms with E-state index >= 15 is 0 Å². The molecular formula is C22H29NO6. The summed E-state index contributed by atoms with van der Waals surface area (Å²) in [5, 5.41) is 19.7. The first kappa shape index (κ1) is 22.5. The first-order chi connectivity index (χ1) is 13.7. The minimum atomic E-state index is -1.08. The van der Waals surface area contributed by atoms with Crippen LogP contribution in [-0.4, -0.2) is 47.4 Å². The fourth-order valence-electron chi connectivity index (χ4n) is 3.40. The van der Waals surface area contributed by atoms with E-state index in [2.05, 4.69) is 4.99 Å². The van der Waals surface area contributed by atoms with Gasteiger partial charge in [0.15, 0.2) is 17.3 Å². The predicted octanol–water partition coefficient (Wildman–Crippen LogP) is 3.75. The van der Waals surface area contributed by atoms with E-state index in [1.165, 1.54) is 0 Å². The molecule has 1 fully saturated rings. The molecule has 2 N–H and O–H groups in total. The molecular weight excluding hydrogens is 374 g/mol. The van der Waals surface area contributed by atoms with Crippen LogP contribution in [-0.2, 0) is 16.0 Å². The van der Waals surface area contributed by atoms with Crippen molar-refractivity contribution >= 4 is 17.5 Å². The first-order valence-corrected chi connectivity index (χ1v) is 9.76. The van der Waals surface area contributed by atoms with Crippen LogP contribution in [0.2, 0.25) is 0 Å². The molecule has 1 aliphatic rings. The lowest BCUT2D eigenvalue weighted by Gasteiger charge is -2.31. The van der Waals surface area contributed by atoms with Crippen LogP contribution in [0.1, 0.15) is 46.1 Å². The van der Waals surface area contributed by atoms with Crippen LogP contribution in [0, 0.1) is 5.41 Å². The van der Waals surface area contributed by atoms with Crippen molar-refractivity contribution < 1.29 is 29.3 Å². The van der Waals surface area contributed by atoms with Crippen LogP contribution in [0.4, 0.5) is 0 Å². The maximum absolute atomic E-state index is 12.7. The lowest BCUT2D eigenvalue weighted by Crippen LogP contribution is -2.33. The summed E-state index contributed by atoms with van der Waals surface area (Å²) in [6.45, 7) is 8.14. The van der Waals surface area contributed by atoms with E-state index in [4.69, 9.17) is 14.6 Å². The highest BCUT2D eigenvalue weighted by molar-refractivity contribution is 6.24. The van der Waals surface area contributed by atoms with Crippen molar-refractivity contribution in [3.05, 3.63) is 35.1 Å². The molecule has 0 spiro atoms. The van der Waals surface area contributed by atoms with Crippen molar-refractivity contribution in [2.75, 3.05) is 19.8 Å². The highest BCUT2D eigenvalue weighted by Crippen LogP contribution is 2.36. The standard InChI is InChI=1S/C22H29NO6/c1-5-28-18-8-7-14(10-19(18)29-6-2)9-16(24)21-15(23-13-20(26)27)11-22(3,4)12-17(21)25/h7-8,10,24H,5-6,9,11-13H2,1-4H3,(H,26,27)/b21-16+,23-15?. The molecule has 7 nitrogen and oxygen atoms in total. The number of benzene rings is 1. The number of ketones is 1. The number of carbonyl (C=O) groups excluding carboxylic acids is 1. The number of hydrogen-bond donors (Lipinski definition) is 2. The molecule has 2 rings (SSSR count). The van der Waals surface area contributed by atoms with Gasteiger partial charge in [-0.2, -0.15) is 0 Å². The summed E-state index contributed by atoms with van der Waals surface area (Å²) in [4.78, 5) is 27.7. The number of aliphatic hydroxyl groups is 1. The van der Waals surface area contributed by atoms with Crippen LogP contribution >= 0.6 is 0 Å². The number of carboxylic acids is 1. The molecule has 0 bridgehead atoms. The average Bonchev–Trinajstić information content (AvgIpc) is 2.61. The second-order valence-corrected chi connectivity index (χ2v) is 7.74. The van der Waals surface area contributed by atoms with Crippen molar-refractivity contribution in [2.24, 2.45) is 10.4 Å². The molecule has 1 saturated carbocycles. The molecule has 0 radical (unpaired) electrons. The van der Waals surface area contributed by atoms with Gasteiger partial charge in [0.25, 0.3) is 0 Å². The van der Waals surface area contributed by atoms with Gasteiger partial charge >= 0.3 is 5.97 Å². The van der Waals surface area contributed by atoms with E-state index in [0.717, 1.165) is 5.56 Å². The Labute approximate surface area is 171 Å². The molecule has 0 aromatic heterocycles. The van der Waals surface area contributed by atoms with Crippen LogP contribution in [0.5, 0.6) is 11.5 Å². The summed E-state index contributed by atoms with van der Waals surface area (Å²) in [6.07, 6.45) is 0.810. The van der Waals surface area contributed by atoms with Crippen LogP contribution in [0.25, 0.3) is 0 Å². The number of carbonyl (C=O) groups is 2. The first-order valence-electron chi connectivity index (χ1n) is 9.76. The number of rotatable bonds is 8. The number of nitrogens with zero attached hydrogens (tertiary/aromatic N) is 1. The topological polar surface area (TPSA) is 105 Å². The van der Waals surface area contributed by atoms with Gasteiger partial charge in [-0.15, -0.1) is 0 Å². The van der Waals surface area contributed by atoms with Gasteiger partial charge in [-0.1, -0.05) is 19.9 Å². The molecule has 0 aliphatic heterocycles. The molecule has 0 amide bonds. The Bertz CT molecular complexity index is 838. The summed E-state index contributed by atoms with van der Waals surface area (Å²) in [5.74, 6) is -0.231. The Hall–Kier alpha value is -2.83. The largest absolute Gasteiger partial charge is 0.511 e. The van der Waals surface area contributed by atoms with Gasteiger partial charge in [-0.05, 0) is 43.4 Å². The number of hydrogen-bond acceptors (Lipinski definition) is 6. The Morgan fingerprint density at radius 2 is 1.76 bits per heavy atom. The fourth-order valence-corrected chi connectivity index (χ4v) is 3.40. The summed E-state index contributed by atoms with van der Waals surface area (Å²) < 4.78 is 11.2. The average molecular weight is 403 g/mol. The summed E-state index contributed by atoms with van der Waals surface area (Å²) in [5.41, 5.74) is 0.899. The monoisotopic (exact) mass is 403 g/mol.